The third-order valence-electron chi connectivity index (χ3n) is 3.13. The summed E-state index contributed by atoms with van der Waals surface area (Å²) in [5.41, 5.74) is 2.19. The molecule has 1 aromatic heterocycles. The van der Waals surface area contributed by atoms with E-state index in [1.54, 1.807) is 0 Å². The normalized spacial score (nSPS) is 17.7. The van der Waals surface area contributed by atoms with E-state index in [2.05, 4.69) is 26.9 Å². The summed E-state index contributed by atoms with van der Waals surface area (Å²) in [5, 5.41) is 1.20. The number of benzene rings is 1. The average Bonchev–Trinajstić information content (AvgIpc) is 2.76. The largest absolute Gasteiger partial charge is 0.463 e. The van der Waals surface area contributed by atoms with Gasteiger partial charge in [-0.3, -0.25) is 4.90 Å². The minimum Gasteiger partial charge on any atom is -0.463 e. The van der Waals surface area contributed by atoms with Crippen molar-refractivity contribution >= 4 is 26.9 Å². The number of hydrogen-bond acceptors (Lipinski definition) is 3. The Kier molecular flexibility index (Phi) is 3.18. The monoisotopic (exact) mass is 295 g/mol. The molecule has 3 rings (SSSR count). The number of hydrogen-bond donors (Lipinski definition) is 0. The summed E-state index contributed by atoms with van der Waals surface area (Å²) >= 11 is 3.51. The fraction of sp³-hybridized carbons (Fsp3) is 0.385. The molecule has 1 fully saturated rings. The molecule has 2 aromatic rings. The van der Waals surface area contributed by atoms with Crippen LogP contribution >= 0.6 is 15.9 Å². The van der Waals surface area contributed by atoms with Crippen molar-refractivity contribution in [3.8, 4) is 0 Å². The number of nitrogens with zero attached hydrogens (tertiary/aromatic N) is 1. The molecule has 1 aliphatic heterocycles. The number of para-hydroxylation sites is 1. The first kappa shape index (κ1) is 11.3. The molecule has 0 saturated carbocycles. The molecule has 1 aliphatic rings. The zero-order valence-electron chi connectivity index (χ0n) is 9.49. The van der Waals surface area contributed by atoms with E-state index < -0.39 is 0 Å². The fourth-order valence-corrected chi connectivity index (χ4v) is 2.66. The Morgan fingerprint density at radius 3 is 2.88 bits per heavy atom. The minimum atomic E-state index is 0.833. The number of ether oxygens (including phenoxy) is 1. The van der Waals surface area contributed by atoms with Crippen LogP contribution in [0.3, 0.4) is 0 Å². The van der Waals surface area contributed by atoms with Crippen LogP contribution < -0.4 is 0 Å². The van der Waals surface area contributed by atoms with Crippen LogP contribution in [0.5, 0.6) is 0 Å². The van der Waals surface area contributed by atoms with Gasteiger partial charge in [-0.05, 0) is 22.0 Å². The molecule has 0 N–H and O–H groups in total. The van der Waals surface area contributed by atoms with Crippen LogP contribution in [0.4, 0.5) is 0 Å². The summed E-state index contributed by atoms with van der Waals surface area (Å²) in [6, 6.07) is 6.16. The zero-order valence-corrected chi connectivity index (χ0v) is 11.1. The molecule has 0 amide bonds. The van der Waals surface area contributed by atoms with Crippen LogP contribution in [0, 0.1) is 0 Å². The molecular weight excluding hydrogens is 282 g/mol. The van der Waals surface area contributed by atoms with Gasteiger partial charge in [-0.1, -0.05) is 12.1 Å². The maximum absolute atomic E-state index is 5.62. The summed E-state index contributed by atoms with van der Waals surface area (Å²) in [7, 11) is 0. The second kappa shape index (κ2) is 4.80. The molecule has 1 saturated heterocycles. The van der Waals surface area contributed by atoms with E-state index in [0.717, 1.165) is 42.9 Å². The first-order valence-electron chi connectivity index (χ1n) is 5.79. The van der Waals surface area contributed by atoms with Crippen LogP contribution in [0.2, 0.25) is 0 Å². The third kappa shape index (κ3) is 2.25. The highest BCUT2D eigenvalue weighted by molar-refractivity contribution is 9.10. The van der Waals surface area contributed by atoms with E-state index in [9.17, 15) is 0 Å². The molecule has 4 heteroatoms. The Hall–Kier alpha value is -0.840. The van der Waals surface area contributed by atoms with Crippen LogP contribution in [0.15, 0.2) is 33.4 Å². The molecule has 17 heavy (non-hydrogen) atoms. The van der Waals surface area contributed by atoms with E-state index in [0.29, 0.717) is 0 Å². The van der Waals surface area contributed by atoms with Crippen LogP contribution in [-0.4, -0.2) is 31.2 Å². The van der Waals surface area contributed by atoms with E-state index in [1.807, 2.05) is 18.4 Å². The van der Waals surface area contributed by atoms with Gasteiger partial charge in [-0.2, -0.15) is 0 Å². The molecule has 0 atom stereocenters. The molecule has 2 heterocycles. The van der Waals surface area contributed by atoms with Gasteiger partial charge in [0, 0.05) is 30.6 Å². The average molecular weight is 296 g/mol. The van der Waals surface area contributed by atoms with Gasteiger partial charge in [-0.15, -0.1) is 0 Å². The summed E-state index contributed by atoms with van der Waals surface area (Å²) in [4.78, 5) is 2.40. The Balaban J connectivity index is 1.87. The van der Waals surface area contributed by atoms with Crippen molar-refractivity contribution in [2.75, 3.05) is 26.3 Å². The maximum Gasteiger partial charge on any atom is 0.148 e. The number of morpholine rings is 1. The van der Waals surface area contributed by atoms with Crippen molar-refractivity contribution in [1.29, 1.82) is 0 Å². The van der Waals surface area contributed by atoms with Crippen LogP contribution in [0.25, 0.3) is 11.0 Å². The zero-order chi connectivity index (χ0) is 11.7. The topological polar surface area (TPSA) is 25.6 Å². The van der Waals surface area contributed by atoms with E-state index in [1.165, 1.54) is 10.9 Å². The van der Waals surface area contributed by atoms with Gasteiger partial charge in [0.25, 0.3) is 0 Å². The van der Waals surface area contributed by atoms with E-state index in [-0.39, 0.29) is 0 Å². The summed E-state index contributed by atoms with van der Waals surface area (Å²) in [6.07, 6.45) is 1.87. The molecule has 0 unspecified atom stereocenters. The second-order valence-electron chi connectivity index (χ2n) is 4.27. The Bertz CT molecular complexity index is 517. The Morgan fingerprint density at radius 2 is 2.06 bits per heavy atom. The Labute approximate surface area is 108 Å². The van der Waals surface area contributed by atoms with Crippen molar-refractivity contribution < 1.29 is 9.15 Å². The number of furan rings is 1. The van der Waals surface area contributed by atoms with Crippen molar-refractivity contribution in [2.45, 2.75) is 6.54 Å². The molecule has 0 bridgehead atoms. The number of halogens is 1. The highest BCUT2D eigenvalue weighted by Crippen LogP contribution is 2.28. The highest BCUT2D eigenvalue weighted by atomic mass is 79.9. The van der Waals surface area contributed by atoms with Gasteiger partial charge in [0.05, 0.1) is 23.9 Å². The smallest absolute Gasteiger partial charge is 0.148 e. The third-order valence-corrected chi connectivity index (χ3v) is 3.75. The molecule has 0 aliphatic carbocycles. The predicted molar refractivity (Wildman–Crippen MR) is 70.0 cm³/mol. The van der Waals surface area contributed by atoms with Gasteiger partial charge in [0.2, 0.25) is 0 Å². The van der Waals surface area contributed by atoms with Gasteiger partial charge >= 0.3 is 0 Å². The predicted octanol–water partition coefficient (Wildman–Crippen LogP) is 3.03. The van der Waals surface area contributed by atoms with Crippen molar-refractivity contribution in [3.05, 3.63) is 34.5 Å². The molecule has 0 radical (unpaired) electrons. The van der Waals surface area contributed by atoms with Crippen molar-refractivity contribution in [1.82, 2.24) is 4.90 Å². The molecule has 90 valence electrons. The maximum atomic E-state index is 5.62. The SMILES string of the molecule is Brc1cccc2c(CN3CCOCC3)coc12. The minimum absolute atomic E-state index is 0.833. The number of fused-ring (bicyclic) bond motifs is 1. The second-order valence-corrected chi connectivity index (χ2v) is 5.12. The summed E-state index contributed by atoms with van der Waals surface area (Å²) < 4.78 is 12.0. The lowest BCUT2D eigenvalue weighted by molar-refractivity contribution is 0.0342. The van der Waals surface area contributed by atoms with Gasteiger partial charge in [-0.25, -0.2) is 0 Å². The first-order valence-corrected chi connectivity index (χ1v) is 6.58. The lowest BCUT2D eigenvalue weighted by atomic mass is 10.1. The molecule has 3 nitrogen and oxygen atoms in total. The summed E-state index contributed by atoms with van der Waals surface area (Å²) in [6.45, 7) is 4.60. The van der Waals surface area contributed by atoms with Gasteiger partial charge < -0.3 is 9.15 Å². The lowest BCUT2D eigenvalue weighted by Crippen LogP contribution is -2.35. The van der Waals surface area contributed by atoms with Crippen molar-refractivity contribution in [3.63, 3.8) is 0 Å². The quantitative estimate of drug-likeness (QED) is 0.852. The Morgan fingerprint density at radius 1 is 1.24 bits per heavy atom. The lowest BCUT2D eigenvalue weighted by Gasteiger charge is -2.26. The number of rotatable bonds is 2. The van der Waals surface area contributed by atoms with Crippen LogP contribution in [-0.2, 0) is 11.3 Å². The molecular formula is C13H14BrNO2. The fourth-order valence-electron chi connectivity index (χ4n) is 2.20. The van der Waals surface area contributed by atoms with E-state index >= 15 is 0 Å². The van der Waals surface area contributed by atoms with Crippen molar-refractivity contribution in [2.24, 2.45) is 0 Å². The van der Waals surface area contributed by atoms with Gasteiger partial charge in [0.15, 0.2) is 0 Å². The first-order chi connectivity index (χ1) is 8.34. The van der Waals surface area contributed by atoms with Crippen LogP contribution in [0.1, 0.15) is 5.56 Å². The summed E-state index contributed by atoms with van der Waals surface area (Å²) in [5.74, 6) is 0. The standard InChI is InChI=1S/C13H14BrNO2/c14-12-3-1-2-11-10(9-17-13(11)12)8-15-4-6-16-7-5-15/h1-3,9H,4-8H2. The molecule has 1 aromatic carbocycles. The van der Waals surface area contributed by atoms with E-state index in [4.69, 9.17) is 9.15 Å². The highest BCUT2D eigenvalue weighted by Gasteiger charge is 2.14. The molecule has 0 spiro atoms. The van der Waals surface area contributed by atoms with Gasteiger partial charge in [0.1, 0.15) is 5.58 Å².